The first kappa shape index (κ1) is 46.6. The number of aliphatic hydroxyl groups is 6. The van der Waals surface area contributed by atoms with Gasteiger partial charge in [0, 0.05) is 11.1 Å². The number of nitrogen functional groups attached to an aromatic ring is 4. The number of nitriles is 1. The molecular formula is C39H40N16O13S. The summed E-state index contributed by atoms with van der Waals surface area (Å²) in [6.07, 6.45) is -4.49. The molecule has 0 amide bonds. The van der Waals surface area contributed by atoms with Gasteiger partial charge in [0.25, 0.3) is 15.7 Å². The number of benzene rings is 1. The van der Waals surface area contributed by atoms with Crippen LogP contribution in [0.5, 0.6) is 0 Å². The molecule has 69 heavy (non-hydrogen) atoms. The highest BCUT2D eigenvalue weighted by atomic mass is 32.2. The summed E-state index contributed by atoms with van der Waals surface area (Å²) in [6.45, 7) is -0.985. The number of ketones is 1. The van der Waals surface area contributed by atoms with E-state index in [1.807, 2.05) is 6.07 Å². The minimum absolute atomic E-state index is 0.0394. The number of ether oxygens (including phenoxy) is 2. The van der Waals surface area contributed by atoms with E-state index in [1.165, 1.54) is 33.9 Å². The Balaban J connectivity index is 0.000000129. The maximum atomic E-state index is 12.6. The van der Waals surface area contributed by atoms with Gasteiger partial charge in [0.15, 0.2) is 29.5 Å². The number of hydrazine groups is 1. The molecule has 18 N–H and O–H groups in total. The van der Waals surface area contributed by atoms with E-state index in [0.717, 1.165) is 0 Å². The van der Waals surface area contributed by atoms with Crippen LogP contribution in [-0.2, 0) is 19.6 Å². The van der Waals surface area contributed by atoms with Gasteiger partial charge in [0.2, 0.25) is 5.95 Å². The lowest BCUT2D eigenvalue weighted by atomic mass is 9.71. The van der Waals surface area contributed by atoms with E-state index < -0.39 is 89.8 Å². The van der Waals surface area contributed by atoms with Gasteiger partial charge in [-0.15, -0.1) is 0 Å². The second kappa shape index (κ2) is 17.5. The fourth-order valence-electron chi connectivity index (χ4n) is 9.01. The van der Waals surface area contributed by atoms with Crippen LogP contribution in [0.1, 0.15) is 33.9 Å². The second-order valence-electron chi connectivity index (χ2n) is 15.9. The minimum atomic E-state index is -4.36. The van der Waals surface area contributed by atoms with Crippen LogP contribution in [-0.4, -0.2) is 144 Å². The van der Waals surface area contributed by atoms with E-state index in [1.54, 1.807) is 24.3 Å². The maximum absolute atomic E-state index is 12.6. The average molecular weight is 973 g/mol. The molecule has 2 fully saturated rings. The highest BCUT2D eigenvalue weighted by Gasteiger charge is 2.48. The third kappa shape index (κ3) is 7.37. The largest absolute Gasteiger partial charge is 0.394 e. The van der Waals surface area contributed by atoms with Crippen LogP contribution in [0.4, 0.5) is 23.4 Å². The van der Waals surface area contributed by atoms with Crippen LogP contribution in [0, 0.1) is 23.2 Å². The smallest absolute Gasteiger partial charge is 0.296 e. The van der Waals surface area contributed by atoms with Gasteiger partial charge in [-0.2, -0.15) is 23.8 Å². The predicted octanol–water partition coefficient (Wildman–Crippen LogP) is -3.68. The van der Waals surface area contributed by atoms with Gasteiger partial charge in [0.1, 0.15) is 88.9 Å². The summed E-state index contributed by atoms with van der Waals surface area (Å²) in [7, 11) is -4.36. The van der Waals surface area contributed by atoms with Gasteiger partial charge in [-0.3, -0.25) is 33.7 Å². The number of allylic oxidation sites excluding steroid dienone is 3. The van der Waals surface area contributed by atoms with Gasteiger partial charge in [-0.25, -0.2) is 25.8 Å². The quantitative estimate of drug-likeness (QED) is 0.0434. The Hall–Kier alpha value is -7.54. The van der Waals surface area contributed by atoms with Crippen molar-refractivity contribution < 1.29 is 57.9 Å². The predicted molar refractivity (Wildman–Crippen MR) is 238 cm³/mol. The number of nitrogens with zero attached hydrogens (tertiary/aromatic N) is 9. The first-order chi connectivity index (χ1) is 33.0. The topological polar surface area (TPSA) is 483 Å². The molecule has 30 heteroatoms. The minimum Gasteiger partial charge on any atom is -0.394 e. The summed E-state index contributed by atoms with van der Waals surface area (Å²) in [5.41, 5.74) is 24.5. The van der Waals surface area contributed by atoms with Gasteiger partial charge < -0.3 is 62.7 Å². The van der Waals surface area contributed by atoms with Gasteiger partial charge in [-0.05, 0) is 6.08 Å². The number of aliphatic hydroxyl groups excluding tert-OH is 6. The molecule has 5 aromatic heterocycles. The molecule has 0 saturated carbocycles. The SMILES string of the molecule is N#Cc1c(NN)n(C2OC(CO)C(O)C2O)c2ncnc(N)c12.Nc1nc2c(c(=O)[nH]1)c1c(N)ncnc1n2C1OC(CO)C(O)C1O.O=C1c2ccccc2C2=NNC3=C(S(=O)(=O)O)C=CC1C23. The summed E-state index contributed by atoms with van der Waals surface area (Å²) >= 11 is 0. The van der Waals surface area contributed by atoms with E-state index in [0.29, 0.717) is 16.8 Å². The first-order valence-corrected chi connectivity index (χ1v) is 21.8. The van der Waals surface area contributed by atoms with Crippen molar-refractivity contribution in [2.24, 2.45) is 22.8 Å². The van der Waals surface area contributed by atoms with Crippen LogP contribution in [0.3, 0.4) is 0 Å². The van der Waals surface area contributed by atoms with Gasteiger partial charge >= 0.3 is 0 Å². The summed E-state index contributed by atoms with van der Waals surface area (Å²) in [6, 6.07) is 9.07. The van der Waals surface area contributed by atoms with Gasteiger partial charge in [-0.1, -0.05) is 30.3 Å². The van der Waals surface area contributed by atoms with E-state index in [2.05, 4.69) is 45.9 Å². The van der Waals surface area contributed by atoms with Crippen molar-refractivity contribution in [2.75, 3.05) is 35.8 Å². The normalized spacial score (nSPS) is 26.7. The number of nitrogens with two attached hydrogens (primary N) is 4. The molecule has 8 heterocycles. The number of anilines is 4. The fourth-order valence-corrected chi connectivity index (χ4v) is 9.71. The molecule has 1 aromatic carbocycles. The Morgan fingerprint density at radius 3 is 1.96 bits per heavy atom. The number of nitrogens with one attached hydrogen (secondary N) is 3. The number of rotatable bonds is 6. The molecule has 2 aliphatic carbocycles. The molecule has 5 aliphatic rings. The summed E-state index contributed by atoms with van der Waals surface area (Å²) in [5, 5.41) is 73.1. The molecule has 2 saturated heterocycles. The molecule has 0 bridgehead atoms. The molecule has 360 valence electrons. The number of hydrogen-bond acceptors (Lipinski definition) is 25. The molecular weight excluding hydrogens is 933 g/mol. The van der Waals surface area contributed by atoms with Crippen LogP contribution in [0.25, 0.3) is 33.1 Å². The standard InChI is InChI=1S/C14H10N2O4S.C13H15N7O5.C12H15N7O4/c17-14-8-4-2-1-3-7(8)12-11-9(14)5-6-10(21(18,19)20)13(11)16-15-12;14-8-4-5-10(18-13(15)19-11(5)24)20(9(4)17-2-16-8)12-7(23)6(22)3(1-21)25-12;13-1-4-6-9(14)16-3-17-11(6)19(10(4)18-15)12-8(22)7(21)5(2-20)23-12/h1-6,9,11,16H,(H,18,19,20);2-3,6-7,12,21-23H,1H2,(H2,14,16,17)(H3,15,18,19,24);3,5,7-8,12,18,20-22H,2,15H2,(H2,14,16,17). The molecule has 11 rings (SSSR count). The zero-order valence-corrected chi connectivity index (χ0v) is 35.9. The molecule has 10 atom stereocenters. The lowest BCUT2D eigenvalue weighted by molar-refractivity contribution is -0.0499. The van der Waals surface area contributed by atoms with Crippen LogP contribution < -0.4 is 39.5 Å². The number of H-pyrrole nitrogens is 1. The van der Waals surface area contributed by atoms with Crippen LogP contribution in [0.15, 0.2) is 69.6 Å². The number of Topliss-reactive ketones (excluding diaryl/α,β-unsaturated/α-hetero) is 1. The highest BCUT2D eigenvalue weighted by Crippen LogP contribution is 2.43. The number of hydrazone groups is 1. The number of fused-ring (bicyclic) bond motifs is 6. The van der Waals surface area contributed by atoms with E-state index in [9.17, 15) is 58.5 Å². The number of aromatic nitrogens is 8. The lowest BCUT2D eigenvalue weighted by Crippen LogP contribution is -2.37. The van der Waals surface area contributed by atoms with E-state index in [4.69, 9.17) is 32.5 Å². The lowest BCUT2D eigenvalue weighted by Gasteiger charge is -2.30. The molecule has 10 unspecified atom stereocenters. The van der Waals surface area contributed by atoms with Crippen molar-refractivity contribution in [1.82, 2.24) is 44.5 Å². The third-order valence-electron chi connectivity index (χ3n) is 12.1. The van der Waals surface area contributed by atoms with Crippen LogP contribution in [0.2, 0.25) is 0 Å². The Labute approximate surface area is 385 Å². The molecule has 0 spiro atoms. The Morgan fingerprint density at radius 2 is 1.39 bits per heavy atom. The monoisotopic (exact) mass is 972 g/mol. The average Bonchev–Trinajstić information content (AvgIpc) is 4.13. The van der Waals surface area contributed by atoms with Gasteiger partial charge in [0.05, 0.1) is 52.6 Å². The Morgan fingerprint density at radius 1 is 0.812 bits per heavy atom. The van der Waals surface area contributed by atoms with Crippen molar-refractivity contribution in [3.8, 4) is 6.07 Å². The number of aromatic amines is 1. The van der Waals surface area contributed by atoms with Crippen molar-refractivity contribution in [3.05, 3.63) is 86.7 Å². The van der Waals surface area contributed by atoms with E-state index in [-0.39, 0.29) is 78.5 Å². The molecule has 3 aliphatic heterocycles. The molecule has 0 radical (unpaired) electrons. The van der Waals surface area contributed by atoms with Crippen LogP contribution >= 0.6 is 0 Å². The summed E-state index contributed by atoms with van der Waals surface area (Å²) in [4.78, 5) is 47.0. The van der Waals surface area contributed by atoms with Crippen molar-refractivity contribution >= 4 is 78.1 Å². The second-order valence-corrected chi connectivity index (χ2v) is 17.3. The van der Waals surface area contributed by atoms with Crippen molar-refractivity contribution in [1.29, 1.82) is 5.26 Å². The number of carbonyl (C=O) groups is 1. The Kier molecular flexibility index (Phi) is 11.8. The third-order valence-corrected chi connectivity index (χ3v) is 13.0. The Bertz CT molecular complexity index is 3400. The molecule has 29 nitrogen and oxygen atoms in total. The summed E-state index contributed by atoms with van der Waals surface area (Å²) < 4.78 is 45.8. The van der Waals surface area contributed by atoms with Crippen molar-refractivity contribution in [3.63, 3.8) is 0 Å². The maximum Gasteiger partial charge on any atom is 0.296 e. The van der Waals surface area contributed by atoms with E-state index >= 15 is 0 Å². The number of carbonyl (C=O) groups excluding carboxylic acids is 1. The number of hydrogen-bond donors (Lipinski definition) is 14. The zero-order valence-electron chi connectivity index (χ0n) is 35.1. The fraction of sp³-hybridized carbons (Fsp3) is 0.308. The zero-order chi connectivity index (χ0) is 49.4. The highest BCUT2D eigenvalue weighted by molar-refractivity contribution is 7.90. The van der Waals surface area contributed by atoms with Crippen molar-refractivity contribution in [2.45, 2.75) is 49.1 Å². The first-order valence-electron chi connectivity index (χ1n) is 20.4. The summed E-state index contributed by atoms with van der Waals surface area (Å²) in [5.74, 6) is 4.51. The molecule has 6 aromatic rings.